The number of ether oxygens (including phenoxy) is 1. The van der Waals surface area contributed by atoms with E-state index in [1.54, 1.807) is 41.2 Å². The van der Waals surface area contributed by atoms with E-state index in [4.69, 9.17) is 16.3 Å². The lowest BCUT2D eigenvalue weighted by atomic mass is 9.85. The lowest BCUT2D eigenvalue weighted by Crippen LogP contribution is -2.57. The minimum absolute atomic E-state index is 0.0245. The van der Waals surface area contributed by atoms with Crippen molar-refractivity contribution in [3.63, 3.8) is 0 Å². The molecule has 2 saturated heterocycles. The number of nitrogens with one attached hydrogen (secondary N) is 1. The number of hydrogen-bond donors (Lipinski definition) is 1. The maximum absolute atomic E-state index is 13.9. The lowest BCUT2D eigenvalue weighted by Gasteiger charge is -2.43. The molecular formula is C31H33ClN4O4. The van der Waals surface area contributed by atoms with Crippen LogP contribution in [0.25, 0.3) is 0 Å². The van der Waals surface area contributed by atoms with Crippen LogP contribution in [-0.2, 0) is 16.0 Å². The summed E-state index contributed by atoms with van der Waals surface area (Å²) in [6, 6.07) is 24.4. The molecule has 8 nitrogen and oxygen atoms in total. The van der Waals surface area contributed by atoms with Gasteiger partial charge in [0.25, 0.3) is 11.8 Å². The van der Waals surface area contributed by atoms with Crippen LogP contribution in [0.15, 0.2) is 78.9 Å². The second kappa shape index (κ2) is 12.0. The number of benzene rings is 3. The van der Waals surface area contributed by atoms with Crippen molar-refractivity contribution in [1.82, 2.24) is 15.1 Å². The van der Waals surface area contributed by atoms with Crippen molar-refractivity contribution in [3.05, 3.63) is 95.0 Å². The Hall–Kier alpha value is -4.04. The molecule has 2 fully saturated rings. The van der Waals surface area contributed by atoms with Crippen molar-refractivity contribution in [2.24, 2.45) is 0 Å². The molecule has 0 aliphatic carbocycles. The van der Waals surface area contributed by atoms with Gasteiger partial charge in [0.1, 0.15) is 17.8 Å². The number of carbonyl (C=O) groups excluding carboxylic acids is 3. The quantitative estimate of drug-likeness (QED) is 0.450. The minimum Gasteiger partial charge on any atom is -0.496 e. The van der Waals surface area contributed by atoms with Gasteiger partial charge in [-0.15, -0.1) is 0 Å². The Kier molecular flexibility index (Phi) is 8.26. The van der Waals surface area contributed by atoms with E-state index in [2.05, 4.69) is 10.2 Å². The van der Waals surface area contributed by atoms with Crippen LogP contribution in [0.4, 0.5) is 5.69 Å². The topological polar surface area (TPSA) is 82.2 Å². The van der Waals surface area contributed by atoms with Crippen molar-refractivity contribution in [2.75, 3.05) is 44.9 Å². The van der Waals surface area contributed by atoms with Gasteiger partial charge in [-0.3, -0.25) is 14.4 Å². The fourth-order valence-corrected chi connectivity index (χ4v) is 5.78. The average Bonchev–Trinajstić information content (AvgIpc) is 3.24. The number of anilines is 1. The highest BCUT2D eigenvalue weighted by Gasteiger charge is 2.54. The van der Waals surface area contributed by atoms with Gasteiger partial charge in [0.15, 0.2) is 0 Å². The zero-order valence-electron chi connectivity index (χ0n) is 22.5. The van der Waals surface area contributed by atoms with Crippen molar-refractivity contribution in [3.8, 4) is 5.75 Å². The minimum atomic E-state index is -0.810. The third-order valence-electron chi connectivity index (χ3n) is 7.79. The largest absolute Gasteiger partial charge is 0.496 e. The molecule has 3 amide bonds. The van der Waals surface area contributed by atoms with Crippen molar-refractivity contribution in [1.29, 1.82) is 0 Å². The summed E-state index contributed by atoms with van der Waals surface area (Å²) in [5.74, 6) is 0.431. The SMILES string of the molecule is COc1ccccc1CCNC(=O)CN1CN(c2ccccc2)C2(CCN(C(=O)c3ccc(Cl)cc3)CC2)C1=O. The number of rotatable bonds is 8. The van der Waals surface area contributed by atoms with E-state index in [-0.39, 0.29) is 24.3 Å². The van der Waals surface area contributed by atoms with Gasteiger partial charge in [-0.1, -0.05) is 48.0 Å². The Balaban J connectivity index is 1.26. The lowest BCUT2D eigenvalue weighted by molar-refractivity contribution is -0.137. The molecule has 3 aromatic rings. The van der Waals surface area contributed by atoms with Gasteiger partial charge in [0, 0.05) is 35.9 Å². The number of piperidine rings is 1. The Morgan fingerprint density at radius 2 is 1.62 bits per heavy atom. The van der Waals surface area contributed by atoms with Crippen LogP contribution >= 0.6 is 11.6 Å². The molecular weight excluding hydrogens is 528 g/mol. The van der Waals surface area contributed by atoms with E-state index < -0.39 is 5.54 Å². The first kappa shape index (κ1) is 27.5. The molecule has 0 bridgehead atoms. The summed E-state index contributed by atoms with van der Waals surface area (Å²) in [7, 11) is 1.63. The van der Waals surface area contributed by atoms with Crippen LogP contribution in [0.1, 0.15) is 28.8 Å². The highest BCUT2D eigenvalue weighted by molar-refractivity contribution is 6.30. The van der Waals surface area contributed by atoms with Gasteiger partial charge in [-0.25, -0.2) is 0 Å². The molecule has 5 rings (SSSR count). The second-order valence-electron chi connectivity index (χ2n) is 10.2. The zero-order chi connectivity index (χ0) is 28.1. The van der Waals surface area contributed by atoms with Crippen LogP contribution in [0, 0.1) is 0 Å². The molecule has 40 heavy (non-hydrogen) atoms. The van der Waals surface area contributed by atoms with E-state index >= 15 is 0 Å². The van der Waals surface area contributed by atoms with Gasteiger partial charge in [0.05, 0.1) is 13.8 Å². The molecule has 2 aliphatic rings. The first-order chi connectivity index (χ1) is 19.4. The van der Waals surface area contributed by atoms with E-state index in [1.807, 2.05) is 54.6 Å². The van der Waals surface area contributed by atoms with Gasteiger partial charge >= 0.3 is 0 Å². The molecule has 0 unspecified atom stereocenters. The van der Waals surface area contributed by atoms with Gasteiger partial charge in [-0.05, 0) is 67.3 Å². The van der Waals surface area contributed by atoms with Crippen LogP contribution in [0.3, 0.4) is 0 Å². The summed E-state index contributed by atoms with van der Waals surface area (Å²) in [5, 5.41) is 3.53. The van der Waals surface area contributed by atoms with Crippen LogP contribution < -0.4 is 15.0 Å². The second-order valence-corrected chi connectivity index (χ2v) is 10.6. The Morgan fingerprint density at radius 3 is 2.33 bits per heavy atom. The van der Waals surface area contributed by atoms with Crippen molar-refractivity contribution in [2.45, 2.75) is 24.8 Å². The fourth-order valence-electron chi connectivity index (χ4n) is 5.65. The van der Waals surface area contributed by atoms with Crippen molar-refractivity contribution >= 4 is 35.0 Å². The third-order valence-corrected chi connectivity index (χ3v) is 8.05. The van der Waals surface area contributed by atoms with Gasteiger partial charge in [0.2, 0.25) is 5.91 Å². The predicted octanol–water partition coefficient (Wildman–Crippen LogP) is 3.99. The molecule has 208 valence electrons. The number of amides is 3. The average molecular weight is 561 g/mol. The Bertz CT molecular complexity index is 1360. The Morgan fingerprint density at radius 1 is 0.950 bits per heavy atom. The molecule has 9 heteroatoms. The van der Waals surface area contributed by atoms with Crippen LogP contribution in [-0.4, -0.2) is 73.0 Å². The molecule has 2 heterocycles. The molecule has 1 spiro atoms. The highest BCUT2D eigenvalue weighted by Crippen LogP contribution is 2.39. The molecule has 0 radical (unpaired) electrons. The number of carbonyl (C=O) groups is 3. The summed E-state index contributed by atoms with van der Waals surface area (Å²) >= 11 is 5.99. The summed E-state index contributed by atoms with van der Waals surface area (Å²) in [6.07, 6.45) is 1.58. The van der Waals surface area contributed by atoms with E-state index in [0.29, 0.717) is 56.2 Å². The monoisotopic (exact) mass is 560 g/mol. The number of halogens is 1. The molecule has 1 N–H and O–H groups in total. The smallest absolute Gasteiger partial charge is 0.253 e. The number of para-hydroxylation sites is 2. The standard InChI is InChI=1S/C31H33ClN4O4/c1-40-27-10-6-5-7-23(27)15-18-33-28(37)21-35-22-36(26-8-3-2-4-9-26)31(30(35)39)16-19-34(20-17-31)29(38)24-11-13-25(32)14-12-24/h2-14H,15-22H2,1H3,(H,33,37). The summed E-state index contributed by atoms with van der Waals surface area (Å²) in [5.41, 5.74) is 1.70. The normalized spacial score (nSPS) is 16.4. The number of nitrogens with zero attached hydrogens (tertiary/aromatic N) is 3. The number of methoxy groups -OCH3 is 1. The summed E-state index contributed by atoms with van der Waals surface area (Å²) < 4.78 is 5.39. The van der Waals surface area contributed by atoms with Gasteiger partial charge < -0.3 is 24.8 Å². The fraction of sp³-hybridized carbons (Fsp3) is 0.323. The highest BCUT2D eigenvalue weighted by atomic mass is 35.5. The maximum atomic E-state index is 13.9. The number of hydrogen-bond acceptors (Lipinski definition) is 5. The molecule has 0 saturated carbocycles. The van der Waals surface area contributed by atoms with Crippen LogP contribution in [0.2, 0.25) is 5.02 Å². The maximum Gasteiger partial charge on any atom is 0.253 e. The molecule has 0 aromatic heterocycles. The number of likely N-dealkylation sites (tertiary alicyclic amines) is 1. The predicted molar refractivity (Wildman–Crippen MR) is 155 cm³/mol. The molecule has 0 atom stereocenters. The molecule has 3 aromatic carbocycles. The first-order valence-corrected chi connectivity index (χ1v) is 13.8. The third kappa shape index (κ3) is 5.63. The van der Waals surface area contributed by atoms with E-state index in [1.165, 1.54) is 0 Å². The first-order valence-electron chi connectivity index (χ1n) is 13.5. The van der Waals surface area contributed by atoms with Crippen LogP contribution in [0.5, 0.6) is 5.75 Å². The molecule has 2 aliphatic heterocycles. The Labute approximate surface area is 239 Å². The zero-order valence-corrected chi connectivity index (χ0v) is 23.3. The summed E-state index contributed by atoms with van der Waals surface area (Å²) in [6.45, 7) is 1.61. The van der Waals surface area contributed by atoms with E-state index in [0.717, 1.165) is 17.0 Å². The summed E-state index contributed by atoms with van der Waals surface area (Å²) in [4.78, 5) is 45.5. The van der Waals surface area contributed by atoms with E-state index in [9.17, 15) is 14.4 Å². The van der Waals surface area contributed by atoms with Crippen molar-refractivity contribution < 1.29 is 19.1 Å². The van der Waals surface area contributed by atoms with Gasteiger partial charge in [-0.2, -0.15) is 0 Å².